The van der Waals surface area contributed by atoms with Gasteiger partial charge in [0.2, 0.25) is 5.91 Å². The summed E-state index contributed by atoms with van der Waals surface area (Å²) in [5, 5.41) is 7.35. The Labute approximate surface area is 223 Å². The number of imidazole rings is 1. The summed E-state index contributed by atoms with van der Waals surface area (Å²) in [6, 6.07) is 8.39. The summed E-state index contributed by atoms with van der Waals surface area (Å²) >= 11 is 0. The highest BCUT2D eigenvalue weighted by atomic mass is 19.1. The Morgan fingerprint density at radius 1 is 1.23 bits per heavy atom. The molecule has 1 aromatic carbocycles. The number of carbonyl (C=O) groups is 2. The molecular formula is C27H28FN9O2. The molecule has 2 amide bonds. The molecule has 200 valence electrons. The average molecular weight is 530 g/mol. The Morgan fingerprint density at radius 2 is 2.00 bits per heavy atom. The summed E-state index contributed by atoms with van der Waals surface area (Å²) in [7, 11) is 1.85. The van der Waals surface area contributed by atoms with E-state index >= 15 is 4.39 Å². The first-order chi connectivity index (χ1) is 18.5. The number of nitrogens with two attached hydrogens (primary N) is 1. The molecule has 0 saturated carbocycles. The number of halogens is 1. The molecule has 0 aliphatic carbocycles. The molecule has 39 heavy (non-hydrogen) atoms. The number of carbonyl (C=O) groups excluding carboxylic acids is 2. The van der Waals surface area contributed by atoms with Crippen molar-refractivity contribution in [3.63, 3.8) is 0 Å². The van der Waals surface area contributed by atoms with Crippen LogP contribution in [0.5, 0.6) is 0 Å². The van der Waals surface area contributed by atoms with Crippen molar-refractivity contribution >= 4 is 40.8 Å². The molecule has 5 rings (SSSR count). The number of hydrogen-bond donors (Lipinski definition) is 3. The average Bonchev–Trinajstić information content (AvgIpc) is 3.50. The van der Waals surface area contributed by atoms with Gasteiger partial charge < -0.3 is 25.1 Å². The van der Waals surface area contributed by atoms with Gasteiger partial charge in [-0.25, -0.2) is 19.4 Å². The summed E-state index contributed by atoms with van der Waals surface area (Å²) in [5.74, 6) is -1.14. The van der Waals surface area contributed by atoms with Gasteiger partial charge in [0.25, 0.3) is 5.91 Å². The van der Waals surface area contributed by atoms with Gasteiger partial charge in [-0.1, -0.05) is 6.07 Å². The quantitative estimate of drug-likeness (QED) is 0.268. The highest BCUT2D eigenvalue weighted by molar-refractivity contribution is 6.06. The number of aromatic amines is 1. The molecule has 0 bridgehead atoms. The lowest BCUT2D eigenvalue weighted by molar-refractivity contribution is -0.145. The normalized spacial score (nSPS) is 15.7. The fourth-order valence-electron chi connectivity index (χ4n) is 5.07. The Bertz CT molecular complexity index is 1670. The van der Waals surface area contributed by atoms with Crippen molar-refractivity contribution in [2.24, 2.45) is 17.8 Å². The van der Waals surface area contributed by atoms with Gasteiger partial charge >= 0.3 is 0 Å². The number of amides is 2. The second kappa shape index (κ2) is 9.46. The first kappa shape index (κ1) is 25.8. The first-order valence-electron chi connectivity index (χ1n) is 12.3. The number of nitrogens with one attached hydrogen (secondary N) is 2. The summed E-state index contributed by atoms with van der Waals surface area (Å²) < 4.78 is 17.9. The third-order valence-electron chi connectivity index (χ3n) is 7.07. The molecule has 1 saturated heterocycles. The maximum Gasteiger partial charge on any atom is 0.252 e. The van der Waals surface area contributed by atoms with E-state index in [1.807, 2.05) is 13.1 Å². The van der Waals surface area contributed by atoms with Crippen LogP contribution in [0.15, 0.2) is 47.8 Å². The summed E-state index contributed by atoms with van der Waals surface area (Å²) in [5.41, 5.74) is 8.83. The van der Waals surface area contributed by atoms with Crippen molar-refractivity contribution in [2.75, 3.05) is 18.0 Å². The lowest BCUT2D eigenvalue weighted by Crippen LogP contribution is -2.64. The molecule has 0 unspecified atom stereocenters. The number of benzene rings is 1. The van der Waals surface area contributed by atoms with Gasteiger partial charge in [0, 0.05) is 55.6 Å². The van der Waals surface area contributed by atoms with Crippen LogP contribution in [-0.4, -0.2) is 67.0 Å². The minimum absolute atomic E-state index is 0.0428. The third-order valence-corrected chi connectivity index (χ3v) is 7.07. The summed E-state index contributed by atoms with van der Waals surface area (Å²) in [4.78, 5) is 44.2. The van der Waals surface area contributed by atoms with Crippen LogP contribution in [0.4, 0.5) is 10.1 Å². The van der Waals surface area contributed by atoms with Crippen LogP contribution in [-0.2, 0) is 16.6 Å². The fraction of sp³-hybridized carbons (Fsp3) is 0.259. The summed E-state index contributed by atoms with van der Waals surface area (Å²) in [6.07, 6.45) is 4.16. The summed E-state index contributed by atoms with van der Waals surface area (Å²) in [6.45, 7) is 5.19. The Kier molecular flexibility index (Phi) is 6.25. The van der Waals surface area contributed by atoms with Gasteiger partial charge in [-0.05, 0) is 38.1 Å². The van der Waals surface area contributed by atoms with Crippen LogP contribution in [0.3, 0.4) is 0 Å². The molecule has 3 aromatic heterocycles. The van der Waals surface area contributed by atoms with Gasteiger partial charge in [0.15, 0.2) is 11.5 Å². The minimum Gasteiger partial charge on any atom is -0.382 e. The van der Waals surface area contributed by atoms with Crippen LogP contribution in [0, 0.1) is 11.2 Å². The number of aryl methyl sites for hydroxylation is 1. The minimum atomic E-state index is -1.12. The smallest absolute Gasteiger partial charge is 0.252 e. The monoisotopic (exact) mass is 529 g/mol. The van der Waals surface area contributed by atoms with Crippen LogP contribution in [0.25, 0.3) is 33.5 Å². The highest BCUT2D eigenvalue weighted by Crippen LogP contribution is 2.36. The number of nitrogens with zero attached hydrogens (tertiary/aromatic N) is 6. The molecule has 0 spiro atoms. The van der Waals surface area contributed by atoms with E-state index < -0.39 is 11.4 Å². The second-order valence-corrected chi connectivity index (χ2v) is 9.86. The number of fused-ring (bicyclic) bond motifs is 1. The molecule has 4 N–H and O–H groups in total. The lowest BCUT2D eigenvalue weighted by Gasteiger charge is -2.45. The van der Waals surface area contributed by atoms with Crippen molar-refractivity contribution in [1.29, 1.82) is 5.41 Å². The van der Waals surface area contributed by atoms with E-state index in [2.05, 4.69) is 19.9 Å². The number of aromatic nitrogens is 4. The number of amidine groups is 1. The highest BCUT2D eigenvalue weighted by Gasteiger charge is 2.44. The van der Waals surface area contributed by atoms with E-state index in [0.717, 1.165) is 6.34 Å². The van der Waals surface area contributed by atoms with Crippen molar-refractivity contribution in [3.05, 3.63) is 54.4 Å². The molecule has 11 nitrogen and oxygen atoms in total. The number of piperazine rings is 1. The molecule has 0 atom stereocenters. The number of pyridine rings is 1. The number of H-pyrrole nitrogens is 1. The van der Waals surface area contributed by atoms with Gasteiger partial charge in [0.1, 0.15) is 23.2 Å². The van der Waals surface area contributed by atoms with E-state index in [-0.39, 0.29) is 42.0 Å². The topological polar surface area (TPSA) is 149 Å². The van der Waals surface area contributed by atoms with Crippen molar-refractivity contribution in [3.8, 4) is 22.4 Å². The van der Waals surface area contributed by atoms with Gasteiger partial charge in [-0.2, -0.15) is 0 Å². The standard InChI is InChI=1S/C27H28FN9O2/c1-15(38)37-9-8-36(26(39)27(37,2)3)21-7-5-6-17(22(21)28)19-11-18(23(34-19)24(30)32-13-29)16-10-20-25(31-12-16)35(4)14-33-20/h5-7,10-14,34H,8-9H2,1-4H3,(H3,29,30,32). The molecule has 4 aromatic rings. The zero-order valence-corrected chi connectivity index (χ0v) is 22.0. The molecule has 0 radical (unpaired) electrons. The maximum atomic E-state index is 16.1. The van der Waals surface area contributed by atoms with Crippen molar-refractivity contribution in [1.82, 2.24) is 24.4 Å². The Hall–Kier alpha value is -4.87. The fourth-order valence-corrected chi connectivity index (χ4v) is 5.07. The van der Waals surface area contributed by atoms with E-state index in [1.54, 1.807) is 55.2 Å². The molecule has 1 fully saturated rings. The Morgan fingerprint density at radius 3 is 2.72 bits per heavy atom. The predicted molar refractivity (Wildman–Crippen MR) is 147 cm³/mol. The lowest BCUT2D eigenvalue weighted by atomic mass is 9.96. The zero-order chi connectivity index (χ0) is 28.1. The third kappa shape index (κ3) is 4.23. The van der Waals surface area contributed by atoms with Gasteiger partial charge in [-0.15, -0.1) is 0 Å². The van der Waals surface area contributed by atoms with E-state index in [0.29, 0.717) is 33.7 Å². The number of hydrogen-bond acceptors (Lipinski definition) is 5. The number of anilines is 1. The number of rotatable bonds is 5. The molecule has 4 heterocycles. The molecule has 1 aliphatic rings. The van der Waals surface area contributed by atoms with Crippen LogP contribution < -0.4 is 10.6 Å². The molecular weight excluding hydrogens is 501 g/mol. The SMILES string of the molecule is CC(=O)N1CCN(c2cccc(-c3cc(-c4cnc5c(c4)ncn5C)c(/C(N)=N\C=N)[nH]3)c2F)C(=O)C1(C)C. The van der Waals surface area contributed by atoms with E-state index in [9.17, 15) is 9.59 Å². The molecule has 12 heteroatoms. The first-order valence-corrected chi connectivity index (χ1v) is 12.3. The van der Waals surface area contributed by atoms with E-state index in [1.165, 1.54) is 16.7 Å². The van der Waals surface area contributed by atoms with Crippen molar-refractivity contribution in [2.45, 2.75) is 26.3 Å². The zero-order valence-electron chi connectivity index (χ0n) is 22.0. The van der Waals surface area contributed by atoms with Gasteiger partial charge in [0.05, 0.1) is 17.7 Å². The largest absolute Gasteiger partial charge is 0.382 e. The van der Waals surface area contributed by atoms with Crippen LogP contribution in [0.2, 0.25) is 0 Å². The molecule has 1 aliphatic heterocycles. The maximum absolute atomic E-state index is 16.1. The second-order valence-electron chi connectivity index (χ2n) is 9.86. The van der Waals surface area contributed by atoms with Crippen molar-refractivity contribution < 1.29 is 14.0 Å². The van der Waals surface area contributed by atoms with Crippen LogP contribution >= 0.6 is 0 Å². The Balaban J connectivity index is 1.60. The number of aliphatic imine (C=N–C) groups is 1. The predicted octanol–water partition coefficient (Wildman–Crippen LogP) is 3.06. The van der Waals surface area contributed by atoms with Gasteiger partial charge in [-0.3, -0.25) is 15.0 Å². The van der Waals surface area contributed by atoms with Crippen LogP contribution in [0.1, 0.15) is 26.5 Å². The van der Waals surface area contributed by atoms with E-state index in [4.69, 9.17) is 11.1 Å².